The first-order valence-corrected chi connectivity index (χ1v) is 6.52. The van der Waals surface area contributed by atoms with Crippen LogP contribution >= 0.6 is 11.3 Å². The predicted molar refractivity (Wildman–Crippen MR) is 70.3 cm³/mol. The maximum Gasteiger partial charge on any atom is 0.183 e. The van der Waals surface area contributed by atoms with Crippen molar-refractivity contribution in [2.24, 2.45) is 0 Å². The van der Waals surface area contributed by atoms with Crippen molar-refractivity contribution in [2.45, 2.75) is 25.3 Å². The molecule has 1 aliphatic rings. The van der Waals surface area contributed by atoms with E-state index in [2.05, 4.69) is 35.9 Å². The van der Waals surface area contributed by atoms with Crippen molar-refractivity contribution >= 4 is 16.5 Å². The van der Waals surface area contributed by atoms with Crippen molar-refractivity contribution < 1.29 is 0 Å². The highest BCUT2D eigenvalue weighted by atomic mass is 32.1. The second-order valence-corrected chi connectivity index (χ2v) is 5.50. The molecule has 88 valence electrons. The van der Waals surface area contributed by atoms with Crippen molar-refractivity contribution in [2.75, 3.05) is 26.0 Å². The van der Waals surface area contributed by atoms with E-state index in [1.807, 2.05) is 6.08 Å². The second-order valence-electron chi connectivity index (χ2n) is 4.42. The zero-order chi connectivity index (χ0) is 11.5. The molecule has 0 radical (unpaired) electrons. The van der Waals surface area contributed by atoms with Gasteiger partial charge in [0.2, 0.25) is 0 Å². The van der Waals surface area contributed by atoms with Crippen LogP contribution in [0.25, 0.3) is 0 Å². The lowest BCUT2D eigenvalue weighted by molar-refractivity contribution is 0.269. The molecule has 1 unspecified atom stereocenters. The summed E-state index contributed by atoms with van der Waals surface area (Å²) in [5, 5.41) is 4.32. The van der Waals surface area contributed by atoms with Gasteiger partial charge in [0.25, 0.3) is 0 Å². The van der Waals surface area contributed by atoms with E-state index in [1.54, 1.807) is 11.3 Å². The summed E-state index contributed by atoms with van der Waals surface area (Å²) in [5.41, 5.74) is 1.30. The number of thiazole rings is 1. The molecule has 0 amide bonds. The molecule has 0 saturated carbocycles. The minimum absolute atomic E-state index is 0.681. The van der Waals surface area contributed by atoms with E-state index in [9.17, 15) is 0 Å². The molecule has 1 N–H and O–H groups in total. The molecule has 0 spiro atoms. The highest BCUT2D eigenvalue weighted by Gasteiger charge is 2.23. The fraction of sp³-hybridized carbons (Fsp3) is 0.583. The van der Waals surface area contributed by atoms with Gasteiger partial charge < -0.3 is 10.2 Å². The average Bonchev–Trinajstić information content (AvgIpc) is 2.67. The van der Waals surface area contributed by atoms with E-state index in [4.69, 9.17) is 0 Å². The number of fused-ring (bicyclic) bond motifs is 1. The summed E-state index contributed by atoms with van der Waals surface area (Å²) in [6, 6.07) is 0.681. The Balaban J connectivity index is 2.07. The van der Waals surface area contributed by atoms with E-state index < -0.39 is 0 Å². The Morgan fingerprint density at radius 2 is 2.44 bits per heavy atom. The van der Waals surface area contributed by atoms with Gasteiger partial charge in [-0.2, -0.15) is 0 Å². The summed E-state index contributed by atoms with van der Waals surface area (Å²) in [6.45, 7) is 4.50. The van der Waals surface area contributed by atoms with Crippen LogP contribution in [0.1, 0.15) is 17.0 Å². The van der Waals surface area contributed by atoms with Crippen molar-refractivity contribution in [1.82, 2.24) is 9.88 Å². The second kappa shape index (κ2) is 4.97. The third kappa shape index (κ3) is 2.44. The zero-order valence-electron chi connectivity index (χ0n) is 9.99. The Labute approximate surface area is 101 Å². The van der Waals surface area contributed by atoms with Crippen LogP contribution in [-0.2, 0) is 12.8 Å². The summed E-state index contributed by atoms with van der Waals surface area (Å²) in [6.07, 6.45) is 5.36. The number of anilines is 1. The Bertz CT molecular complexity index is 370. The van der Waals surface area contributed by atoms with Crippen LogP contribution in [-0.4, -0.2) is 36.6 Å². The maximum atomic E-state index is 4.62. The molecule has 2 rings (SSSR count). The minimum Gasteiger partial charge on any atom is -0.358 e. The van der Waals surface area contributed by atoms with Crippen molar-refractivity contribution in [1.29, 1.82) is 0 Å². The number of hydrogen-bond donors (Lipinski definition) is 1. The van der Waals surface area contributed by atoms with Crippen molar-refractivity contribution in [3.05, 3.63) is 23.2 Å². The first-order valence-electron chi connectivity index (χ1n) is 5.70. The number of nitrogens with one attached hydrogen (secondary N) is 1. The number of aryl methyl sites for hydroxylation is 1. The van der Waals surface area contributed by atoms with Gasteiger partial charge in [0, 0.05) is 17.5 Å². The Morgan fingerprint density at radius 3 is 3.12 bits per heavy atom. The van der Waals surface area contributed by atoms with Gasteiger partial charge in [-0.3, -0.25) is 0 Å². The van der Waals surface area contributed by atoms with Crippen molar-refractivity contribution in [3.63, 3.8) is 0 Å². The van der Waals surface area contributed by atoms with Gasteiger partial charge in [0.1, 0.15) is 0 Å². The molecule has 3 nitrogen and oxygen atoms in total. The van der Waals surface area contributed by atoms with Gasteiger partial charge >= 0.3 is 0 Å². The van der Waals surface area contributed by atoms with Gasteiger partial charge in [-0.05, 0) is 33.4 Å². The first-order chi connectivity index (χ1) is 7.70. The Hall–Kier alpha value is -0.870. The summed E-state index contributed by atoms with van der Waals surface area (Å²) in [4.78, 5) is 8.40. The highest BCUT2D eigenvalue weighted by molar-refractivity contribution is 7.15. The molecule has 1 aromatic rings. The van der Waals surface area contributed by atoms with Crippen LogP contribution in [0.4, 0.5) is 5.13 Å². The third-order valence-corrected chi connectivity index (χ3v) is 4.12. The molecule has 0 fully saturated rings. The molecular formula is C12H19N3S. The topological polar surface area (TPSA) is 28.2 Å². The molecule has 1 heterocycles. The zero-order valence-corrected chi connectivity index (χ0v) is 10.8. The Kier molecular flexibility index (Phi) is 3.61. The van der Waals surface area contributed by atoms with Gasteiger partial charge in [-0.15, -0.1) is 17.9 Å². The van der Waals surface area contributed by atoms with E-state index in [-0.39, 0.29) is 0 Å². The molecule has 0 saturated heterocycles. The van der Waals surface area contributed by atoms with Gasteiger partial charge in [-0.1, -0.05) is 6.08 Å². The average molecular weight is 237 g/mol. The standard InChI is InChI=1S/C12H19N3S/c1-4-7-13-12-14-10-6-5-9(15(2)3)8-11(10)16-12/h4,9H,1,5-8H2,2-3H3,(H,13,14). The van der Waals surface area contributed by atoms with Crippen LogP contribution < -0.4 is 5.32 Å². The smallest absolute Gasteiger partial charge is 0.183 e. The predicted octanol–water partition coefficient (Wildman–Crippen LogP) is 2.16. The fourth-order valence-corrected chi connectivity index (χ4v) is 3.12. The van der Waals surface area contributed by atoms with E-state index >= 15 is 0 Å². The summed E-state index contributed by atoms with van der Waals surface area (Å²) < 4.78 is 0. The molecular weight excluding hydrogens is 218 g/mol. The molecule has 0 bridgehead atoms. The number of likely N-dealkylation sites (N-methyl/N-ethyl adjacent to an activating group) is 1. The van der Waals surface area contributed by atoms with Gasteiger partial charge in [-0.25, -0.2) is 4.98 Å². The largest absolute Gasteiger partial charge is 0.358 e. The van der Waals surface area contributed by atoms with Gasteiger partial charge in [0.05, 0.1) is 5.69 Å². The molecule has 0 aromatic carbocycles. The van der Waals surface area contributed by atoms with Crippen LogP contribution in [0.5, 0.6) is 0 Å². The molecule has 4 heteroatoms. The van der Waals surface area contributed by atoms with E-state index in [1.165, 1.54) is 17.0 Å². The van der Waals surface area contributed by atoms with Crippen LogP contribution in [0.2, 0.25) is 0 Å². The maximum absolute atomic E-state index is 4.62. The highest BCUT2D eigenvalue weighted by Crippen LogP contribution is 2.30. The van der Waals surface area contributed by atoms with Crippen LogP contribution in [0.3, 0.4) is 0 Å². The molecule has 1 atom stereocenters. The van der Waals surface area contributed by atoms with Crippen LogP contribution in [0, 0.1) is 0 Å². The van der Waals surface area contributed by atoms with Gasteiger partial charge in [0.15, 0.2) is 5.13 Å². The summed E-state index contributed by atoms with van der Waals surface area (Å²) in [5.74, 6) is 0. The van der Waals surface area contributed by atoms with E-state index in [0.717, 1.165) is 24.5 Å². The number of rotatable bonds is 4. The molecule has 1 aromatic heterocycles. The Morgan fingerprint density at radius 1 is 1.62 bits per heavy atom. The van der Waals surface area contributed by atoms with E-state index in [0.29, 0.717) is 6.04 Å². The number of nitrogens with zero attached hydrogens (tertiary/aromatic N) is 2. The molecule has 1 aliphatic carbocycles. The molecule has 0 aliphatic heterocycles. The normalized spacial score (nSPS) is 19.6. The number of aromatic nitrogens is 1. The third-order valence-electron chi connectivity index (χ3n) is 3.04. The quantitative estimate of drug-likeness (QED) is 0.813. The monoisotopic (exact) mass is 237 g/mol. The minimum atomic E-state index is 0.681. The lowest BCUT2D eigenvalue weighted by Crippen LogP contribution is -2.32. The van der Waals surface area contributed by atoms with Crippen LogP contribution in [0.15, 0.2) is 12.7 Å². The SMILES string of the molecule is C=CCNc1nc2c(s1)CC(N(C)C)CC2. The first kappa shape index (κ1) is 11.6. The lowest BCUT2D eigenvalue weighted by atomic mass is 9.97. The number of hydrogen-bond acceptors (Lipinski definition) is 4. The fourth-order valence-electron chi connectivity index (χ4n) is 2.03. The summed E-state index contributed by atoms with van der Waals surface area (Å²) in [7, 11) is 4.32. The molecule has 16 heavy (non-hydrogen) atoms. The lowest BCUT2D eigenvalue weighted by Gasteiger charge is -2.27. The van der Waals surface area contributed by atoms with Crippen molar-refractivity contribution in [3.8, 4) is 0 Å². The summed E-state index contributed by atoms with van der Waals surface area (Å²) >= 11 is 1.80.